The maximum atomic E-state index is 13.3. The molecule has 1 amide bonds. The Morgan fingerprint density at radius 1 is 1.03 bits per heavy atom. The van der Waals surface area contributed by atoms with Crippen molar-refractivity contribution in [3.63, 3.8) is 0 Å². The number of hydrogen-bond donors (Lipinski definition) is 1. The molecule has 34 heavy (non-hydrogen) atoms. The smallest absolute Gasteiger partial charge is 0.352 e. The Labute approximate surface area is 195 Å². The number of carbonyl (C=O) groups excluding carboxylic acids is 1. The van der Waals surface area contributed by atoms with Gasteiger partial charge in [-0.2, -0.15) is 9.78 Å². The molecule has 1 N–H and O–H groups in total. The number of methoxy groups -OCH3 is 1. The van der Waals surface area contributed by atoms with Gasteiger partial charge in [0.05, 0.1) is 19.3 Å². The summed E-state index contributed by atoms with van der Waals surface area (Å²) >= 11 is 0. The third kappa shape index (κ3) is 4.93. The number of carbonyl (C=O) groups is 1. The topological polar surface area (TPSA) is 108 Å². The Kier molecular flexibility index (Phi) is 6.63. The number of aromatic nitrogens is 4. The number of aryl methyl sites for hydroxylation is 1. The minimum absolute atomic E-state index is 0.0495. The van der Waals surface area contributed by atoms with Gasteiger partial charge >= 0.3 is 5.69 Å². The van der Waals surface area contributed by atoms with Crippen LogP contribution in [-0.4, -0.2) is 32.3 Å². The normalized spacial score (nSPS) is 10.6. The van der Waals surface area contributed by atoms with Gasteiger partial charge in [0, 0.05) is 18.9 Å². The number of hydrogen-bond acceptors (Lipinski definition) is 6. The van der Waals surface area contributed by atoms with Gasteiger partial charge in [-0.05, 0) is 48.4 Å². The molecule has 0 saturated heterocycles. The summed E-state index contributed by atoms with van der Waals surface area (Å²) < 4.78 is 7.31. The minimum Gasteiger partial charge on any atom is -0.497 e. The molecular formula is C25H23N5O4. The number of nitrogens with zero attached hydrogens (tertiary/aromatic N) is 4. The first kappa shape index (κ1) is 22.7. The van der Waals surface area contributed by atoms with Gasteiger partial charge in [-0.25, -0.2) is 4.79 Å². The molecule has 0 atom stereocenters. The number of nitrogens with one attached hydrogen (secondary N) is 1. The summed E-state index contributed by atoms with van der Waals surface area (Å²) in [4.78, 5) is 43.5. The van der Waals surface area contributed by atoms with Gasteiger partial charge in [0.1, 0.15) is 5.75 Å². The van der Waals surface area contributed by atoms with Crippen LogP contribution in [0.25, 0.3) is 5.69 Å². The molecule has 4 aromatic rings. The SMILES string of the molecule is COc1cccc(Cn2c(=O)c(C(=O)NCc3cccnc3)nn(-c3ccc(C)cc3)c2=O)c1. The second-order valence-electron chi connectivity index (χ2n) is 7.67. The monoisotopic (exact) mass is 457 g/mol. The molecule has 0 radical (unpaired) electrons. The van der Waals surface area contributed by atoms with E-state index in [0.717, 1.165) is 20.4 Å². The highest BCUT2D eigenvalue weighted by Gasteiger charge is 2.20. The maximum Gasteiger partial charge on any atom is 0.352 e. The first-order valence-corrected chi connectivity index (χ1v) is 10.6. The van der Waals surface area contributed by atoms with Crippen LogP contribution in [0, 0.1) is 6.92 Å². The summed E-state index contributed by atoms with van der Waals surface area (Å²) in [6.45, 7) is 2.03. The van der Waals surface area contributed by atoms with Gasteiger partial charge in [0.2, 0.25) is 5.69 Å². The summed E-state index contributed by atoms with van der Waals surface area (Å²) in [7, 11) is 1.53. The quantitative estimate of drug-likeness (QED) is 0.455. The molecule has 0 aliphatic heterocycles. The van der Waals surface area contributed by atoms with Crippen LogP contribution < -0.4 is 21.3 Å². The lowest BCUT2D eigenvalue weighted by atomic mass is 10.2. The van der Waals surface area contributed by atoms with E-state index >= 15 is 0 Å². The number of ether oxygens (including phenoxy) is 1. The van der Waals surface area contributed by atoms with Crippen LogP contribution in [0.2, 0.25) is 0 Å². The van der Waals surface area contributed by atoms with Crippen molar-refractivity contribution in [2.75, 3.05) is 7.11 Å². The first-order valence-electron chi connectivity index (χ1n) is 10.6. The third-order valence-electron chi connectivity index (χ3n) is 5.20. The lowest BCUT2D eigenvalue weighted by molar-refractivity contribution is 0.0941. The summed E-state index contributed by atoms with van der Waals surface area (Å²) in [5, 5.41) is 6.82. The predicted octanol–water partition coefficient (Wildman–Crippen LogP) is 2.08. The van der Waals surface area contributed by atoms with E-state index in [1.54, 1.807) is 60.9 Å². The zero-order valence-corrected chi connectivity index (χ0v) is 18.8. The van der Waals surface area contributed by atoms with Crippen molar-refractivity contribution < 1.29 is 9.53 Å². The predicted molar refractivity (Wildman–Crippen MR) is 126 cm³/mol. The number of amides is 1. The molecule has 2 heterocycles. The zero-order chi connectivity index (χ0) is 24.1. The van der Waals surface area contributed by atoms with E-state index in [4.69, 9.17) is 4.74 Å². The van der Waals surface area contributed by atoms with Crippen molar-refractivity contribution in [2.24, 2.45) is 0 Å². The van der Waals surface area contributed by atoms with E-state index in [-0.39, 0.29) is 18.8 Å². The Morgan fingerprint density at radius 2 is 1.79 bits per heavy atom. The van der Waals surface area contributed by atoms with Gasteiger partial charge in [-0.1, -0.05) is 35.9 Å². The van der Waals surface area contributed by atoms with Crippen LogP contribution in [0.1, 0.15) is 27.2 Å². The first-order chi connectivity index (χ1) is 16.5. The van der Waals surface area contributed by atoms with Crippen LogP contribution in [-0.2, 0) is 13.1 Å². The van der Waals surface area contributed by atoms with Gasteiger partial charge in [-0.15, -0.1) is 0 Å². The molecule has 2 aromatic carbocycles. The Balaban J connectivity index is 1.78. The second-order valence-corrected chi connectivity index (χ2v) is 7.67. The average molecular weight is 457 g/mol. The number of benzene rings is 2. The fourth-order valence-corrected chi connectivity index (χ4v) is 3.37. The fraction of sp³-hybridized carbons (Fsp3) is 0.160. The van der Waals surface area contributed by atoms with Crippen molar-refractivity contribution in [3.8, 4) is 11.4 Å². The minimum atomic E-state index is -0.778. The number of pyridine rings is 1. The van der Waals surface area contributed by atoms with E-state index in [0.29, 0.717) is 17.0 Å². The van der Waals surface area contributed by atoms with Gasteiger partial charge in [0.25, 0.3) is 11.5 Å². The molecule has 172 valence electrons. The molecule has 4 rings (SSSR count). The molecule has 0 unspecified atom stereocenters. The van der Waals surface area contributed by atoms with Gasteiger partial charge in [-0.3, -0.25) is 19.1 Å². The Bertz CT molecular complexity index is 1430. The molecule has 0 aliphatic carbocycles. The van der Waals surface area contributed by atoms with Crippen LogP contribution >= 0.6 is 0 Å². The highest BCUT2D eigenvalue weighted by Crippen LogP contribution is 2.13. The van der Waals surface area contributed by atoms with Crippen molar-refractivity contribution in [3.05, 3.63) is 116 Å². The molecule has 2 aromatic heterocycles. The Morgan fingerprint density at radius 3 is 2.50 bits per heavy atom. The largest absolute Gasteiger partial charge is 0.497 e. The van der Waals surface area contributed by atoms with Crippen LogP contribution in [0.3, 0.4) is 0 Å². The molecule has 0 spiro atoms. The summed E-state index contributed by atoms with van der Waals surface area (Å²) in [5.41, 5.74) is 1.06. The molecule has 9 heteroatoms. The van der Waals surface area contributed by atoms with Crippen LogP contribution in [0.4, 0.5) is 0 Å². The van der Waals surface area contributed by atoms with Gasteiger partial charge in [0.15, 0.2) is 0 Å². The lowest BCUT2D eigenvalue weighted by Crippen LogP contribution is -2.46. The van der Waals surface area contributed by atoms with E-state index in [9.17, 15) is 14.4 Å². The molecule has 9 nitrogen and oxygen atoms in total. The summed E-state index contributed by atoms with van der Waals surface area (Å²) in [6, 6.07) is 17.6. The maximum absolute atomic E-state index is 13.3. The third-order valence-corrected chi connectivity index (χ3v) is 5.20. The van der Waals surface area contributed by atoms with Crippen molar-refractivity contribution in [1.29, 1.82) is 0 Å². The molecule has 0 saturated carbocycles. The molecule has 0 aliphatic rings. The Hall–Kier alpha value is -4.53. The van der Waals surface area contributed by atoms with Crippen molar-refractivity contribution >= 4 is 5.91 Å². The van der Waals surface area contributed by atoms with Crippen LogP contribution in [0.15, 0.2) is 82.6 Å². The fourth-order valence-electron chi connectivity index (χ4n) is 3.37. The highest BCUT2D eigenvalue weighted by atomic mass is 16.5. The lowest BCUT2D eigenvalue weighted by Gasteiger charge is -2.13. The van der Waals surface area contributed by atoms with Gasteiger partial charge < -0.3 is 10.1 Å². The molecule has 0 fully saturated rings. The molecule has 0 bridgehead atoms. The summed E-state index contributed by atoms with van der Waals surface area (Å²) in [5.74, 6) is -0.0954. The van der Waals surface area contributed by atoms with Crippen molar-refractivity contribution in [2.45, 2.75) is 20.0 Å². The number of rotatable bonds is 7. The van der Waals surface area contributed by atoms with E-state index in [2.05, 4.69) is 15.4 Å². The average Bonchev–Trinajstić information content (AvgIpc) is 2.86. The molecular weight excluding hydrogens is 434 g/mol. The summed E-state index contributed by atoms with van der Waals surface area (Å²) in [6.07, 6.45) is 3.24. The standard InChI is InChI=1S/C25H23N5O4/c1-17-8-10-20(11-9-17)30-25(33)29(16-18-5-3-7-21(13-18)34-2)24(32)22(28-30)23(31)27-15-19-6-4-12-26-14-19/h3-14H,15-16H2,1-2H3,(H,27,31). The zero-order valence-electron chi connectivity index (χ0n) is 18.8. The van der Waals surface area contributed by atoms with Crippen molar-refractivity contribution in [1.82, 2.24) is 24.6 Å². The second kappa shape index (κ2) is 9.95. The van der Waals surface area contributed by atoms with E-state index in [1.807, 2.05) is 19.1 Å². The van der Waals surface area contributed by atoms with Crippen LogP contribution in [0.5, 0.6) is 5.75 Å². The van der Waals surface area contributed by atoms with E-state index < -0.39 is 17.2 Å². The highest BCUT2D eigenvalue weighted by molar-refractivity contribution is 5.91. The van der Waals surface area contributed by atoms with E-state index in [1.165, 1.54) is 7.11 Å².